The second kappa shape index (κ2) is 6.93. The first kappa shape index (κ1) is 15.0. The summed E-state index contributed by atoms with van der Waals surface area (Å²) < 4.78 is 0. The monoisotopic (exact) mass is 307 g/mol. The molecule has 1 aliphatic carbocycles. The Bertz CT molecular complexity index is 471. The average Bonchev–Trinajstić information content (AvgIpc) is 2.89. The van der Waals surface area contributed by atoms with Gasteiger partial charge in [0, 0.05) is 24.6 Å². The fourth-order valence-corrected chi connectivity index (χ4v) is 4.73. The largest absolute Gasteiger partial charge is 0.396 e. The zero-order valence-electron chi connectivity index (χ0n) is 12.6. The lowest BCUT2D eigenvalue weighted by Gasteiger charge is -2.31. The summed E-state index contributed by atoms with van der Waals surface area (Å²) in [6.45, 7) is 1.76. The van der Waals surface area contributed by atoms with Gasteiger partial charge in [-0.25, -0.2) is 0 Å². The number of aryl methyl sites for hydroxylation is 2. The number of aliphatic hydroxyl groups is 1. The van der Waals surface area contributed by atoms with Crippen molar-refractivity contribution in [2.24, 2.45) is 5.92 Å². The third-order valence-corrected chi connectivity index (χ3v) is 6.00. The molecule has 1 aromatic heterocycles. The lowest BCUT2D eigenvalue weighted by atomic mass is 9.98. The van der Waals surface area contributed by atoms with Crippen LogP contribution in [0.25, 0.3) is 0 Å². The van der Waals surface area contributed by atoms with Gasteiger partial charge in [-0.2, -0.15) is 0 Å². The Kier molecular flexibility index (Phi) is 4.96. The first-order chi connectivity index (χ1) is 10.3. The van der Waals surface area contributed by atoms with Crippen LogP contribution in [0.15, 0.2) is 6.07 Å². The number of piperidine rings is 1. The molecule has 3 rings (SSSR count). The highest BCUT2D eigenvalue weighted by Gasteiger charge is 2.26. The maximum absolute atomic E-state index is 12.7. The molecular formula is C17H25NO2S. The van der Waals surface area contributed by atoms with Gasteiger partial charge < -0.3 is 10.0 Å². The summed E-state index contributed by atoms with van der Waals surface area (Å²) in [5.41, 5.74) is 1.42. The van der Waals surface area contributed by atoms with Crippen LogP contribution in [0, 0.1) is 5.92 Å². The molecular weight excluding hydrogens is 282 g/mol. The number of amides is 1. The maximum atomic E-state index is 12.7. The van der Waals surface area contributed by atoms with E-state index in [2.05, 4.69) is 6.07 Å². The number of rotatable bonds is 2. The van der Waals surface area contributed by atoms with Crippen molar-refractivity contribution in [3.8, 4) is 0 Å². The van der Waals surface area contributed by atoms with Crippen molar-refractivity contribution in [2.45, 2.75) is 51.4 Å². The number of likely N-dealkylation sites (tertiary alicyclic amines) is 1. The van der Waals surface area contributed by atoms with E-state index < -0.39 is 0 Å². The van der Waals surface area contributed by atoms with Gasteiger partial charge >= 0.3 is 0 Å². The van der Waals surface area contributed by atoms with Crippen LogP contribution in [0.4, 0.5) is 0 Å². The molecule has 2 heterocycles. The number of carbonyl (C=O) groups is 1. The van der Waals surface area contributed by atoms with Gasteiger partial charge in [-0.05, 0) is 56.1 Å². The van der Waals surface area contributed by atoms with Gasteiger partial charge in [0.1, 0.15) is 0 Å². The Balaban J connectivity index is 1.73. The number of carbonyl (C=O) groups excluding carboxylic acids is 1. The summed E-state index contributed by atoms with van der Waals surface area (Å²) in [7, 11) is 0. The van der Waals surface area contributed by atoms with E-state index in [0.29, 0.717) is 0 Å². The predicted octanol–water partition coefficient (Wildman–Crippen LogP) is 3.25. The van der Waals surface area contributed by atoms with Gasteiger partial charge in [0.05, 0.1) is 4.88 Å². The van der Waals surface area contributed by atoms with Crippen LogP contribution in [-0.2, 0) is 12.8 Å². The molecule has 0 saturated carbocycles. The molecule has 1 saturated heterocycles. The molecule has 0 radical (unpaired) electrons. The van der Waals surface area contributed by atoms with Crippen LogP contribution in [-0.4, -0.2) is 35.6 Å². The summed E-state index contributed by atoms with van der Waals surface area (Å²) >= 11 is 1.71. The van der Waals surface area contributed by atoms with E-state index in [1.807, 2.05) is 4.90 Å². The quantitative estimate of drug-likeness (QED) is 0.911. The van der Waals surface area contributed by atoms with Crippen molar-refractivity contribution < 1.29 is 9.90 Å². The molecule has 1 aliphatic heterocycles. The Labute approximate surface area is 131 Å². The Morgan fingerprint density at radius 1 is 1.24 bits per heavy atom. The first-order valence-electron chi connectivity index (χ1n) is 8.29. The number of nitrogens with zero attached hydrogens (tertiary/aromatic N) is 1. The van der Waals surface area contributed by atoms with Crippen molar-refractivity contribution in [1.82, 2.24) is 4.90 Å². The van der Waals surface area contributed by atoms with Crippen molar-refractivity contribution >= 4 is 17.2 Å². The van der Waals surface area contributed by atoms with Crippen molar-refractivity contribution in [3.05, 3.63) is 21.4 Å². The minimum Gasteiger partial charge on any atom is -0.396 e. The van der Waals surface area contributed by atoms with Gasteiger partial charge in [0.25, 0.3) is 5.91 Å². The summed E-state index contributed by atoms with van der Waals surface area (Å²) in [6, 6.07) is 2.15. The van der Waals surface area contributed by atoms with E-state index in [0.717, 1.165) is 43.6 Å². The van der Waals surface area contributed by atoms with E-state index in [9.17, 15) is 9.90 Å². The highest BCUT2D eigenvalue weighted by molar-refractivity contribution is 7.14. The smallest absolute Gasteiger partial charge is 0.263 e. The maximum Gasteiger partial charge on any atom is 0.263 e. The lowest BCUT2D eigenvalue weighted by Crippen LogP contribution is -2.40. The summed E-state index contributed by atoms with van der Waals surface area (Å²) in [6.07, 6.45) is 9.51. The lowest BCUT2D eigenvalue weighted by molar-refractivity contribution is 0.0625. The summed E-state index contributed by atoms with van der Waals surface area (Å²) in [4.78, 5) is 17.0. The first-order valence-corrected chi connectivity index (χ1v) is 9.11. The highest BCUT2D eigenvalue weighted by atomic mass is 32.1. The van der Waals surface area contributed by atoms with E-state index >= 15 is 0 Å². The minimum atomic E-state index is 0.185. The van der Waals surface area contributed by atoms with Crippen LogP contribution in [0.3, 0.4) is 0 Å². The van der Waals surface area contributed by atoms with E-state index in [1.54, 1.807) is 11.3 Å². The molecule has 1 fully saturated rings. The SMILES string of the molecule is O=C(c1cc2c(s1)CCCCCC2)N1CCCC(CO)C1. The predicted molar refractivity (Wildman–Crippen MR) is 85.9 cm³/mol. The minimum absolute atomic E-state index is 0.185. The molecule has 1 aromatic rings. The topological polar surface area (TPSA) is 40.5 Å². The molecule has 1 N–H and O–H groups in total. The molecule has 1 atom stereocenters. The van der Waals surface area contributed by atoms with E-state index in [1.165, 1.54) is 36.1 Å². The van der Waals surface area contributed by atoms with Crippen molar-refractivity contribution in [3.63, 3.8) is 0 Å². The van der Waals surface area contributed by atoms with Crippen LogP contribution >= 0.6 is 11.3 Å². The number of hydrogen-bond donors (Lipinski definition) is 1. The average molecular weight is 307 g/mol. The molecule has 0 bridgehead atoms. The Morgan fingerprint density at radius 2 is 2.05 bits per heavy atom. The van der Waals surface area contributed by atoms with Gasteiger partial charge in [-0.3, -0.25) is 4.79 Å². The fraction of sp³-hybridized carbons (Fsp3) is 0.706. The number of thiophene rings is 1. The van der Waals surface area contributed by atoms with E-state index in [-0.39, 0.29) is 18.4 Å². The molecule has 0 spiro atoms. The van der Waals surface area contributed by atoms with Crippen molar-refractivity contribution in [1.29, 1.82) is 0 Å². The van der Waals surface area contributed by atoms with Crippen LogP contribution in [0.1, 0.15) is 58.6 Å². The van der Waals surface area contributed by atoms with Gasteiger partial charge in [-0.1, -0.05) is 12.8 Å². The highest BCUT2D eigenvalue weighted by Crippen LogP contribution is 2.30. The number of hydrogen-bond acceptors (Lipinski definition) is 3. The second-order valence-electron chi connectivity index (χ2n) is 6.42. The number of aliphatic hydroxyl groups excluding tert-OH is 1. The fourth-order valence-electron chi connectivity index (χ4n) is 3.50. The Hall–Kier alpha value is -0.870. The molecule has 4 heteroatoms. The van der Waals surface area contributed by atoms with Crippen LogP contribution in [0.5, 0.6) is 0 Å². The van der Waals surface area contributed by atoms with Gasteiger partial charge in [0.15, 0.2) is 0 Å². The van der Waals surface area contributed by atoms with Gasteiger partial charge in [0.2, 0.25) is 0 Å². The molecule has 0 aromatic carbocycles. The van der Waals surface area contributed by atoms with E-state index in [4.69, 9.17) is 0 Å². The summed E-state index contributed by atoms with van der Waals surface area (Å²) in [5.74, 6) is 0.452. The Morgan fingerprint density at radius 3 is 2.86 bits per heavy atom. The molecule has 21 heavy (non-hydrogen) atoms. The second-order valence-corrected chi connectivity index (χ2v) is 7.55. The van der Waals surface area contributed by atoms with Crippen LogP contribution < -0.4 is 0 Å². The van der Waals surface area contributed by atoms with Crippen LogP contribution in [0.2, 0.25) is 0 Å². The standard InChI is InChI=1S/C17H25NO2S/c19-12-13-6-5-9-18(11-13)17(20)16-10-14-7-3-1-2-4-8-15(14)21-16/h10,13,19H,1-9,11-12H2. The third-order valence-electron chi connectivity index (χ3n) is 4.77. The third kappa shape index (κ3) is 3.49. The molecule has 1 unspecified atom stereocenters. The normalized spacial score (nSPS) is 23.3. The van der Waals surface area contributed by atoms with Gasteiger partial charge in [-0.15, -0.1) is 11.3 Å². The number of fused-ring (bicyclic) bond motifs is 1. The zero-order chi connectivity index (χ0) is 14.7. The van der Waals surface area contributed by atoms with Crippen molar-refractivity contribution in [2.75, 3.05) is 19.7 Å². The molecule has 2 aliphatic rings. The summed E-state index contributed by atoms with van der Waals surface area (Å²) in [5, 5.41) is 9.32. The molecule has 1 amide bonds. The molecule has 3 nitrogen and oxygen atoms in total. The molecule has 116 valence electrons. The zero-order valence-corrected chi connectivity index (χ0v) is 13.5.